The van der Waals surface area contributed by atoms with Crippen LogP contribution in [0.15, 0.2) is 50.7 Å². The zero-order valence-corrected chi connectivity index (χ0v) is 24.9. The highest BCUT2D eigenvalue weighted by Gasteiger charge is 2.33. The van der Waals surface area contributed by atoms with E-state index in [1.807, 2.05) is 49.6 Å². The molecule has 34 heavy (non-hydrogen) atoms. The molecule has 1 atom stereocenters. The average Bonchev–Trinajstić information content (AvgIpc) is 3.39. The number of rotatable bonds is 6. The maximum absolute atomic E-state index is 13.6. The van der Waals surface area contributed by atoms with Gasteiger partial charge in [-0.05, 0) is 108 Å². The topological polar surface area (TPSA) is 69.9 Å². The van der Waals surface area contributed by atoms with Gasteiger partial charge in [0.05, 0.1) is 35.7 Å². The first-order chi connectivity index (χ1) is 16.2. The van der Waals surface area contributed by atoms with Crippen molar-refractivity contribution in [3.63, 3.8) is 0 Å². The average molecular weight is 720 g/mol. The van der Waals surface area contributed by atoms with E-state index in [0.29, 0.717) is 20.6 Å². The standard InChI is InChI=1S/C24H22I2N2O4S2/c1-5-31-23(30)19-13(4)27-24-28(20(19)17-7-6-8-33-17)22(29)18(34-24)11-14-9-15(25)21(16(26)10-14)32-12(2)3/h6-12,20H,5H2,1-4H3/b18-11-/t20-/m0/s1. The number of thiazole rings is 1. The van der Waals surface area contributed by atoms with Gasteiger partial charge >= 0.3 is 5.97 Å². The summed E-state index contributed by atoms with van der Waals surface area (Å²) in [4.78, 5) is 32.6. The van der Waals surface area contributed by atoms with Crippen molar-refractivity contribution in [2.24, 2.45) is 4.99 Å². The van der Waals surface area contributed by atoms with E-state index in [1.165, 1.54) is 22.7 Å². The van der Waals surface area contributed by atoms with Crippen LogP contribution in [-0.4, -0.2) is 23.2 Å². The summed E-state index contributed by atoms with van der Waals surface area (Å²) in [5.41, 5.74) is 1.71. The molecule has 0 bridgehead atoms. The lowest BCUT2D eigenvalue weighted by atomic mass is 10.0. The number of carbonyl (C=O) groups is 1. The first-order valence-corrected chi connectivity index (χ1v) is 14.4. The van der Waals surface area contributed by atoms with Gasteiger partial charge < -0.3 is 9.47 Å². The van der Waals surface area contributed by atoms with Gasteiger partial charge in [-0.2, -0.15) is 0 Å². The quantitative estimate of drug-likeness (QED) is 0.270. The summed E-state index contributed by atoms with van der Waals surface area (Å²) >= 11 is 7.34. The molecule has 3 heterocycles. The summed E-state index contributed by atoms with van der Waals surface area (Å²) in [5.74, 6) is 0.406. The van der Waals surface area contributed by atoms with Gasteiger partial charge in [0, 0.05) is 4.88 Å². The number of hydrogen-bond donors (Lipinski definition) is 0. The summed E-state index contributed by atoms with van der Waals surface area (Å²) in [7, 11) is 0. The maximum atomic E-state index is 13.6. The van der Waals surface area contributed by atoms with Crippen LogP contribution < -0.4 is 19.6 Å². The summed E-state index contributed by atoms with van der Waals surface area (Å²) in [6.45, 7) is 7.81. The predicted molar refractivity (Wildman–Crippen MR) is 152 cm³/mol. The van der Waals surface area contributed by atoms with Crippen LogP contribution >= 0.6 is 67.9 Å². The van der Waals surface area contributed by atoms with Gasteiger partial charge in [0.25, 0.3) is 5.56 Å². The Hall–Kier alpha value is -1.51. The highest BCUT2D eigenvalue weighted by atomic mass is 127. The van der Waals surface area contributed by atoms with Gasteiger partial charge in [0.1, 0.15) is 11.8 Å². The molecule has 0 saturated carbocycles. The Morgan fingerprint density at radius 1 is 1.29 bits per heavy atom. The Morgan fingerprint density at radius 2 is 2.00 bits per heavy atom. The second kappa shape index (κ2) is 10.6. The molecular formula is C24H22I2N2O4S2. The Kier molecular flexibility index (Phi) is 7.99. The van der Waals surface area contributed by atoms with Crippen LogP contribution in [0.1, 0.15) is 44.2 Å². The zero-order valence-electron chi connectivity index (χ0n) is 18.9. The monoisotopic (exact) mass is 720 g/mol. The third-order valence-electron chi connectivity index (χ3n) is 5.00. The van der Waals surface area contributed by atoms with Gasteiger partial charge in [-0.3, -0.25) is 9.36 Å². The van der Waals surface area contributed by atoms with Crippen molar-refractivity contribution >= 4 is 79.9 Å². The fourth-order valence-electron chi connectivity index (χ4n) is 3.67. The molecule has 0 amide bonds. The Morgan fingerprint density at radius 3 is 2.59 bits per heavy atom. The van der Waals surface area contributed by atoms with E-state index >= 15 is 0 Å². The van der Waals surface area contributed by atoms with E-state index in [2.05, 4.69) is 50.2 Å². The van der Waals surface area contributed by atoms with Crippen LogP contribution in [0.2, 0.25) is 0 Å². The zero-order chi connectivity index (χ0) is 24.6. The lowest BCUT2D eigenvalue weighted by Crippen LogP contribution is -2.39. The molecule has 178 valence electrons. The van der Waals surface area contributed by atoms with Gasteiger partial charge in [-0.1, -0.05) is 17.4 Å². The minimum atomic E-state index is -0.556. The highest BCUT2D eigenvalue weighted by Crippen LogP contribution is 2.33. The molecule has 2 aromatic heterocycles. The van der Waals surface area contributed by atoms with Crippen molar-refractivity contribution in [2.45, 2.75) is 39.8 Å². The van der Waals surface area contributed by atoms with Crippen molar-refractivity contribution in [2.75, 3.05) is 6.61 Å². The lowest BCUT2D eigenvalue weighted by Gasteiger charge is -2.23. The second-order valence-corrected chi connectivity index (χ2v) is 12.1. The van der Waals surface area contributed by atoms with Crippen LogP contribution in [0, 0.1) is 7.14 Å². The normalized spacial score (nSPS) is 16.0. The van der Waals surface area contributed by atoms with Crippen LogP contribution in [0.4, 0.5) is 0 Å². The van der Waals surface area contributed by atoms with E-state index in [1.54, 1.807) is 18.4 Å². The first-order valence-electron chi connectivity index (χ1n) is 10.6. The van der Waals surface area contributed by atoms with Crippen molar-refractivity contribution in [3.8, 4) is 5.75 Å². The summed E-state index contributed by atoms with van der Waals surface area (Å²) in [5, 5.41) is 1.94. The number of fused-ring (bicyclic) bond motifs is 1. The van der Waals surface area contributed by atoms with Gasteiger partial charge in [-0.25, -0.2) is 9.79 Å². The molecule has 0 saturated heterocycles. The molecular weight excluding hydrogens is 698 g/mol. The van der Waals surface area contributed by atoms with Gasteiger partial charge in [0.15, 0.2) is 4.80 Å². The SMILES string of the molecule is CCOC(=O)C1=C(C)N=c2s/c(=C\c3cc(I)c(OC(C)C)c(I)c3)c(=O)n2[C@H]1c1cccs1. The van der Waals surface area contributed by atoms with Crippen molar-refractivity contribution in [3.05, 3.63) is 78.2 Å². The third-order valence-corrected chi connectivity index (χ3v) is 8.51. The Bertz CT molecular complexity index is 1430. The third kappa shape index (κ3) is 5.05. The minimum absolute atomic E-state index is 0.0747. The van der Waals surface area contributed by atoms with Crippen LogP contribution in [0.25, 0.3) is 6.08 Å². The number of carbonyl (C=O) groups excluding carboxylic acids is 1. The molecule has 0 radical (unpaired) electrons. The molecule has 6 nitrogen and oxygen atoms in total. The minimum Gasteiger partial charge on any atom is -0.489 e. The largest absolute Gasteiger partial charge is 0.489 e. The molecule has 3 aromatic rings. The summed E-state index contributed by atoms with van der Waals surface area (Å²) in [6.07, 6.45) is 1.95. The smallest absolute Gasteiger partial charge is 0.338 e. The molecule has 0 spiro atoms. The Balaban J connectivity index is 1.87. The fourth-order valence-corrected chi connectivity index (χ4v) is 7.61. The van der Waals surface area contributed by atoms with Gasteiger partial charge in [0.2, 0.25) is 0 Å². The lowest BCUT2D eigenvalue weighted by molar-refractivity contribution is -0.139. The van der Waals surface area contributed by atoms with Gasteiger partial charge in [-0.15, -0.1) is 11.3 Å². The van der Waals surface area contributed by atoms with E-state index < -0.39 is 12.0 Å². The maximum Gasteiger partial charge on any atom is 0.338 e. The number of esters is 1. The summed E-state index contributed by atoms with van der Waals surface area (Å²) < 4.78 is 15.4. The number of benzene rings is 1. The van der Waals surface area contributed by atoms with Crippen LogP contribution in [0.5, 0.6) is 5.75 Å². The van der Waals surface area contributed by atoms with E-state index in [9.17, 15) is 9.59 Å². The molecule has 1 aromatic carbocycles. The van der Waals surface area contributed by atoms with E-state index in [0.717, 1.165) is 23.3 Å². The molecule has 0 fully saturated rings. The highest BCUT2D eigenvalue weighted by molar-refractivity contribution is 14.1. The fraction of sp³-hybridized carbons (Fsp3) is 0.292. The van der Waals surface area contributed by atoms with E-state index in [-0.39, 0.29) is 18.3 Å². The number of hydrogen-bond acceptors (Lipinski definition) is 7. The number of thiophene rings is 1. The molecule has 0 unspecified atom stereocenters. The number of halogens is 2. The van der Waals surface area contributed by atoms with Crippen LogP contribution in [0.3, 0.4) is 0 Å². The summed E-state index contributed by atoms with van der Waals surface area (Å²) in [6, 6.07) is 7.30. The number of allylic oxidation sites excluding steroid dienone is 1. The predicted octanol–water partition coefficient (Wildman–Crippen LogP) is 4.86. The second-order valence-electron chi connectivity index (χ2n) is 7.80. The molecule has 0 aliphatic carbocycles. The van der Waals surface area contributed by atoms with E-state index in [4.69, 9.17) is 9.47 Å². The molecule has 1 aliphatic heterocycles. The molecule has 4 rings (SSSR count). The van der Waals surface area contributed by atoms with Crippen molar-refractivity contribution in [1.82, 2.24) is 4.57 Å². The Labute approximate surface area is 232 Å². The number of ether oxygens (including phenoxy) is 2. The van der Waals surface area contributed by atoms with Crippen molar-refractivity contribution < 1.29 is 14.3 Å². The van der Waals surface area contributed by atoms with Crippen LogP contribution in [-0.2, 0) is 9.53 Å². The van der Waals surface area contributed by atoms with Crippen molar-refractivity contribution in [1.29, 1.82) is 0 Å². The molecule has 1 aliphatic rings. The molecule has 10 heteroatoms. The first kappa shape index (κ1) is 25.6. The number of nitrogens with zero attached hydrogens (tertiary/aromatic N) is 2. The number of aromatic nitrogens is 1. The molecule has 0 N–H and O–H groups in total.